The fourth-order valence-electron chi connectivity index (χ4n) is 6.58. The van der Waals surface area contributed by atoms with E-state index in [-0.39, 0.29) is 29.4 Å². The summed E-state index contributed by atoms with van der Waals surface area (Å²) in [4.78, 5) is 32.5. The van der Waals surface area contributed by atoms with E-state index >= 15 is 0 Å². The summed E-state index contributed by atoms with van der Waals surface area (Å²) in [5.41, 5.74) is 11.2. The lowest BCUT2D eigenvalue weighted by atomic mass is 9.85. The zero-order valence-corrected chi connectivity index (χ0v) is 25.9. The molecule has 2 fully saturated rings. The molecule has 9 nitrogen and oxygen atoms in total. The molecule has 2 aromatic heterocycles. The second-order valence-electron chi connectivity index (χ2n) is 13.3. The molecule has 2 bridgehead atoms. The first-order chi connectivity index (χ1) is 21.0. The number of aromatic nitrogens is 3. The molecular formula is C35H41N7O2. The van der Waals surface area contributed by atoms with Gasteiger partial charge in [0.05, 0.1) is 16.9 Å². The molecule has 44 heavy (non-hydrogen) atoms. The lowest BCUT2D eigenvalue weighted by Gasteiger charge is -2.39. The van der Waals surface area contributed by atoms with Crippen LogP contribution in [0.3, 0.4) is 0 Å². The third kappa shape index (κ3) is 6.18. The van der Waals surface area contributed by atoms with Crippen molar-refractivity contribution in [2.24, 2.45) is 5.92 Å². The number of benzene rings is 2. The number of aryl methyl sites for hydroxylation is 1. The average Bonchev–Trinajstić information content (AvgIpc) is 3.53. The number of hydrogen-bond acceptors (Lipinski definition) is 5. The Morgan fingerprint density at radius 2 is 1.64 bits per heavy atom. The topological polar surface area (TPSA) is 118 Å². The zero-order chi connectivity index (χ0) is 31.0. The van der Waals surface area contributed by atoms with Gasteiger partial charge in [0, 0.05) is 35.4 Å². The maximum Gasteiger partial charge on any atom is 0.324 e. The highest BCUT2D eigenvalue weighted by Gasteiger charge is 2.43. The first kappa shape index (κ1) is 29.4. The molecule has 4 heterocycles. The van der Waals surface area contributed by atoms with Crippen LogP contribution in [0.25, 0.3) is 5.69 Å². The van der Waals surface area contributed by atoms with Crippen molar-refractivity contribution in [2.45, 2.75) is 77.3 Å². The van der Waals surface area contributed by atoms with Crippen LogP contribution in [0.15, 0.2) is 72.9 Å². The number of carbonyl (C=O) groups is 2. The Bertz CT molecular complexity index is 1640. The van der Waals surface area contributed by atoms with Gasteiger partial charge in [-0.15, -0.1) is 0 Å². The molecule has 0 spiro atoms. The smallest absolute Gasteiger partial charge is 0.324 e. The first-order valence-corrected chi connectivity index (χ1v) is 15.4. The number of carbonyl (C=O) groups excluding carboxylic acids is 2. The molecule has 228 valence electrons. The predicted octanol–water partition coefficient (Wildman–Crippen LogP) is 6.73. The average molecular weight is 592 g/mol. The molecule has 6 rings (SSSR count). The summed E-state index contributed by atoms with van der Waals surface area (Å²) >= 11 is 0. The first-order valence-electron chi connectivity index (χ1n) is 15.4. The minimum atomic E-state index is -0.325. The second kappa shape index (κ2) is 11.8. The number of rotatable bonds is 6. The number of amides is 3. The Kier molecular flexibility index (Phi) is 7.88. The van der Waals surface area contributed by atoms with Crippen LogP contribution >= 0.6 is 0 Å². The lowest BCUT2D eigenvalue weighted by Crippen LogP contribution is -2.47. The van der Waals surface area contributed by atoms with Crippen molar-refractivity contribution in [3.63, 3.8) is 0 Å². The zero-order valence-electron chi connectivity index (χ0n) is 25.9. The Hall–Kier alpha value is -4.66. The van der Waals surface area contributed by atoms with Crippen LogP contribution in [0.5, 0.6) is 0 Å². The summed E-state index contributed by atoms with van der Waals surface area (Å²) in [7, 11) is 0. The Balaban J connectivity index is 1.07. The van der Waals surface area contributed by atoms with E-state index in [0.717, 1.165) is 54.7 Å². The van der Waals surface area contributed by atoms with E-state index in [1.54, 1.807) is 23.0 Å². The molecule has 0 saturated carbocycles. The van der Waals surface area contributed by atoms with Crippen LogP contribution in [0.4, 0.5) is 22.1 Å². The number of nitrogens with zero attached hydrogens (tertiary/aromatic N) is 4. The molecule has 3 amide bonds. The monoisotopic (exact) mass is 591 g/mol. The van der Waals surface area contributed by atoms with Crippen molar-refractivity contribution in [3.8, 4) is 5.69 Å². The summed E-state index contributed by atoms with van der Waals surface area (Å²) in [5.74, 6) is 1.42. The van der Waals surface area contributed by atoms with Crippen LogP contribution in [-0.2, 0) is 11.8 Å². The van der Waals surface area contributed by atoms with Crippen molar-refractivity contribution in [1.82, 2.24) is 19.7 Å². The van der Waals surface area contributed by atoms with Crippen LogP contribution in [0, 0.1) is 12.8 Å². The minimum absolute atomic E-state index is 0.00630. The third-order valence-corrected chi connectivity index (χ3v) is 8.87. The molecule has 2 saturated heterocycles. The van der Waals surface area contributed by atoms with Crippen LogP contribution in [0.1, 0.15) is 73.6 Å². The van der Waals surface area contributed by atoms with E-state index in [0.29, 0.717) is 23.1 Å². The van der Waals surface area contributed by atoms with E-state index in [1.165, 1.54) is 5.56 Å². The number of anilines is 3. The van der Waals surface area contributed by atoms with Gasteiger partial charge in [0.2, 0.25) is 0 Å². The Morgan fingerprint density at radius 3 is 2.27 bits per heavy atom. The van der Waals surface area contributed by atoms with Gasteiger partial charge in [-0.3, -0.25) is 10.1 Å². The SMILES string of the molecule is Cc1ccc(-n2nc(C(C)(C)C)cc2NC(=O)Nc2ccc(CC3CC4CCC(C3)N4C(=O)c3cccnc3N)cc2)cc1. The summed E-state index contributed by atoms with van der Waals surface area (Å²) < 4.78 is 1.78. The highest BCUT2D eigenvalue weighted by Crippen LogP contribution is 2.41. The van der Waals surface area contributed by atoms with E-state index in [9.17, 15) is 9.59 Å². The normalized spacial score (nSPS) is 19.5. The van der Waals surface area contributed by atoms with Crippen molar-refractivity contribution in [1.29, 1.82) is 0 Å². The lowest BCUT2D eigenvalue weighted by molar-refractivity contribution is 0.0525. The van der Waals surface area contributed by atoms with Gasteiger partial charge in [0.25, 0.3) is 5.91 Å². The summed E-state index contributed by atoms with van der Waals surface area (Å²) in [5, 5.41) is 10.8. The molecule has 9 heteroatoms. The van der Waals surface area contributed by atoms with Gasteiger partial charge in [0.15, 0.2) is 0 Å². The standard InChI is InChI=1S/C35H41N7O2/c1-22-7-13-26(14-8-22)42-31(21-30(40-42)35(2,3)4)39-34(44)38-25-11-9-23(10-12-25)18-24-19-27-15-16-28(20-24)41(27)33(43)29-6-5-17-37-32(29)36/h5-14,17,21,24,27-28H,15-16,18-20H2,1-4H3,(H2,36,37)(H2,38,39,44). The van der Waals surface area contributed by atoms with Crippen molar-refractivity contribution in [3.05, 3.63) is 95.3 Å². The molecule has 0 radical (unpaired) electrons. The molecule has 2 aliphatic heterocycles. The van der Waals surface area contributed by atoms with Crippen LogP contribution in [-0.4, -0.2) is 43.7 Å². The maximum atomic E-state index is 13.3. The van der Waals surface area contributed by atoms with Crippen LogP contribution < -0.4 is 16.4 Å². The fourth-order valence-corrected chi connectivity index (χ4v) is 6.58. The van der Waals surface area contributed by atoms with Crippen molar-refractivity contribution < 1.29 is 9.59 Å². The van der Waals surface area contributed by atoms with Gasteiger partial charge in [-0.2, -0.15) is 5.10 Å². The predicted molar refractivity (Wildman–Crippen MR) is 174 cm³/mol. The van der Waals surface area contributed by atoms with E-state index in [1.807, 2.05) is 49.4 Å². The summed E-state index contributed by atoms with van der Waals surface area (Å²) in [6, 6.07) is 21.8. The molecule has 2 aliphatic rings. The number of nitrogen functional groups attached to an aromatic ring is 1. The van der Waals surface area contributed by atoms with Gasteiger partial charge in [-0.05, 0) is 86.9 Å². The Labute approximate surface area is 258 Å². The highest BCUT2D eigenvalue weighted by molar-refractivity contribution is 5.99. The van der Waals surface area contributed by atoms with Crippen molar-refractivity contribution in [2.75, 3.05) is 16.4 Å². The number of nitrogens with one attached hydrogen (secondary N) is 2. The van der Waals surface area contributed by atoms with Gasteiger partial charge in [-0.1, -0.05) is 50.6 Å². The minimum Gasteiger partial charge on any atom is -0.383 e. The molecule has 0 aliphatic carbocycles. The van der Waals surface area contributed by atoms with Crippen LogP contribution in [0.2, 0.25) is 0 Å². The largest absolute Gasteiger partial charge is 0.383 e. The van der Waals surface area contributed by atoms with E-state index in [4.69, 9.17) is 10.8 Å². The van der Waals surface area contributed by atoms with E-state index < -0.39 is 0 Å². The molecule has 4 aromatic rings. The number of nitrogens with two attached hydrogens (primary N) is 1. The number of fused-ring (bicyclic) bond motifs is 2. The highest BCUT2D eigenvalue weighted by atomic mass is 16.2. The van der Waals surface area contributed by atoms with Gasteiger partial charge >= 0.3 is 6.03 Å². The number of pyridine rings is 1. The maximum absolute atomic E-state index is 13.3. The number of piperidine rings is 1. The molecular weight excluding hydrogens is 550 g/mol. The number of hydrogen-bond donors (Lipinski definition) is 3. The third-order valence-electron chi connectivity index (χ3n) is 8.87. The Morgan fingerprint density at radius 1 is 0.955 bits per heavy atom. The van der Waals surface area contributed by atoms with Gasteiger partial charge < -0.3 is 16.0 Å². The molecule has 2 unspecified atom stereocenters. The fraction of sp³-hybridized carbons (Fsp3) is 0.371. The molecule has 2 aromatic carbocycles. The summed E-state index contributed by atoms with van der Waals surface area (Å²) in [6.45, 7) is 8.35. The summed E-state index contributed by atoms with van der Waals surface area (Å²) in [6.07, 6.45) is 6.59. The van der Waals surface area contributed by atoms with Gasteiger partial charge in [-0.25, -0.2) is 14.5 Å². The quantitative estimate of drug-likeness (QED) is 0.230. The number of urea groups is 1. The van der Waals surface area contributed by atoms with Crippen molar-refractivity contribution >= 4 is 29.3 Å². The van der Waals surface area contributed by atoms with E-state index in [2.05, 4.69) is 53.4 Å². The van der Waals surface area contributed by atoms with Gasteiger partial charge in [0.1, 0.15) is 11.6 Å². The second-order valence-corrected chi connectivity index (χ2v) is 13.3. The molecule has 4 N–H and O–H groups in total. The molecule has 2 atom stereocenters.